The summed E-state index contributed by atoms with van der Waals surface area (Å²) in [4.78, 5) is 7.56. The Morgan fingerprint density at radius 3 is 1.35 bits per heavy atom. The first-order chi connectivity index (χ1) is 34.5. The normalized spacial score (nSPS) is 32.7. The number of allylic oxidation sites excluding steroid dienone is 1. The zero-order valence-electron chi connectivity index (χ0n) is 48.9. The van der Waals surface area contributed by atoms with Crippen molar-refractivity contribution in [3.05, 3.63) is 110 Å². The standard InChI is InChI=1S/C70H91BN2S/c1-62(2)21-23-64(5,6)49-34-45(17-19-47(49)62)72-54-37-52-51(66(9,10)25-26-67(52,11)12)36-53(54)71-58-55(72)32-44(70-38-41-29-42(39-70)31-43(30-41)40-70)33-56(58)73(46-18-20-48-50(35-46)65(7,8)24-22-63(48,3)4)59-57-60(74-61(59)71)69(15,16)28-27-68(57,13)14/h17-20,32-37,41-43,57,60H,21-31,38-40H2,1-16H3. The number of thioether (sulfide) groups is 1. The molecule has 0 aromatic heterocycles. The van der Waals surface area contributed by atoms with Crippen LogP contribution in [0.25, 0.3) is 0 Å². The van der Waals surface area contributed by atoms with Gasteiger partial charge in [0, 0.05) is 45.3 Å². The number of anilines is 5. The Kier molecular flexibility index (Phi) is 9.96. The van der Waals surface area contributed by atoms with E-state index in [2.05, 4.69) is 193 Å². The van der Waals surface area contributed by atoms with Crippen molar-refractivity contribution in [3.8, 4) is 0 Å². The second-order valence-electron chi connectivity index (χ2n) is 32.7. The molecule has 0 radical (unpaired) electrons. The summed E-state index contributed by atoms with van der Waals surface area (Å²) < 4.78 is 0. The van der Waals surface area contributed by atoms with Crippen LogP contribution in [0, 0.1) is 34.5 Å². The molecule has 4 bridgehead atoms. The van der Waals surface area contributed by atoms with E-state index >= 15 is 0 Å². The third-order valence-corrected chi connectivity index (χ3v) is 25.8. The van der Waals surface area contributed by atoms with Gasteiger partial charge in [-0.15, -0.1) is 11.8 Å². The molecule has 74 heavy (non-hydrogen) atoms. The molecule has 0 amide bonds. The molecule has 0 spiro atoms. The smallest absolute Gasteiger partial charge is 0.259 e. The number of rotatable bonds is 3. The van der Waals surface area contributed by atoms with Crippen LogP contribution in [0.15, 0.2) is 71.2 Å². The highest BCUT2D eigenvalue weighted by atomic mass is 32.2. The topological polar surface area (TPSA) is 6.48 Å². The summed E-state index contributed by atoms with van der Waals surface area (Å²) in [6.07, 6.45) is 18.4. The molecule has 11 aliphatic rings. The molecule has 390 valence electrons. The van der Waals surface area contributed by atoms with Crippen LogP contribution in [-0.2, 0) is 37.9 Å². The number of nitrogens with zero attached hydrogens (tertiary/aromatic N) is 2. The summed E-state index contributed by atoms with van der Waals surface area (Å²) >= 11 is 2.34. The molecule has 3 heterocycles. The van der Waals surface area contributed by atoms with Gasteiger partial charge < -0.3 is 9.80 Å². The van der Waals surface area contributed by atoms with Gasteiger partial charge in [0.25, 0.3) is 6.71 Å². The average Bonchev–Trinajstić information content (AvgIpc) is 3.75. The fraction of sp³-hybridized carbons (Fsp3) is 0.629. The first-order valence-electron chi connectivity index (χ1n) is 30.2. The van der Waals surface area contributed by atoms with E-state index in [4.69, 9.17) is 0 Å². The van der Waals surface area contributed by atoms with Crippen LogP contribution in [-0.4, -0.2) is 12.0 Å². The maximum absolute atomic E-state index is 3.00. The lowest BCUT2D eigenvalue weighted by Gasteiger charge is -2.57. The molecule has 15 rings (SSSR count). The Balaban J connectivity index is 1.12. The van der Waals surface area contributed by atoms with E-state index in [-0.39, 0.29) is 55.4 Å². The molecule has 5 saturated carbocycles. The Bertz CT molecular complexity index is 3100. The minimum Gasteiger partial charge on any atom is -0.314 e. The van der Waals surface area contributed by atoms with Gasteiger partial charge in [-0.1, -0.05) is 129 Å². The lowest BCUT2D eigenvalue weighted by molar-refractivity contribution is -0.00514. The van der Waals surface area contributed by atoms with Crippen LogP contribution in [0.3, 0.4) is 0 Å². The van der Waals surface area contributed by atoms with Crippen molar-refractivity contribution in [2.45, 2.75) is 244 Å². The summed E-state index contributed by atoms with van der Waals surface area (Å²) in [6, 6.07) is 27.2. The monoisotopic (exact) mass is 1000 g/mol. The molecule has 5 fully saturated rings. The fourth-order valence-corrected chi connectivity index (χ4v) is 21.2. The summed E-state index contributed by atoms with van der Waals surface area (Å²) in [5.41, 5.74) is 24.4. The van der Waals surface area contributed by atoms with E-state index in [1.165, 1.54) is 118 Å². The molecule has 0 saturated heterocycles. The van der Waals surface area contributed by atoms with Gasteiger partial charge in [0.2, 0.25) is 0 Å². The van der Waals surface area contributed by atoms with Crippen molar-refractivity contribution in [3.63, 3.8) is 0 Å². The van der Waals surface area contributed by atoms with Gasteiger partial charge in [0.05, 0.1) is 0 Å². The molecule has 4 heteroatoms. The highest BCUT2D eigenvalue weighted by molar-refractivity contribution is 8.06. The first-order valence-corrected chi connectivity index (χ1v) is 31.1. The van der Waals surface area contributed by atoms with Crippen LogP contribution in [0.5, 0.6) is 0 Å². The number of hydrogen-bond acceptors (Lipinski definition) is 3. The van der Waals surface area contributed by atoms with Crippen molar-refractivity contribution in [2.75, 3.05) is 9.80 Å². The van der Waals surface area contributed by atoms with Crippen molar-refractivity contribution in [1.82, 2.24) is 0 Å². The quantitative estimate of drug-likeness (QED) is 0.189. The molecule has 4 aromatic rings. The third kappa shape index (κ3) is 6.75. The number of benzene rings is 4. The van der Waals surface area contributed by atoms with Crippen LogP contribution in [0.1, 0.15) is 240 Å². The highest BCUT2D eigenvalue weighted by Gasteiger charge is 2.61. The molecular formula is C70H91BN2S. The van der Waals surface area contributed by atoms with E-state index in [9.17, 15) is 0 Å². The van der Waals surface area contributed by atoms with E-state index < -0.39 is 0 Å². The predicted molar refractivity (Wildman–Crippen MR) is 319 cm³/mol. The fourth-order valence-electron chi connectivity index (χ4n) is 19.1. The maximum Gasteiger partial charge on any atom is 0.259 e. The van der Waals surface area contributed by atoms with Gasteiger partial charge in [-0.2, -0.15) is 0 Å². The van der Waals surface area contributed by atoms with Crippen molar-refractivity contribution >= 4 is 57.8 Å². The SMILES string of the molecule is CC1(C)CCC(C)(C)c2cc(N3C4=C(SC5C4C(C)(C)CCC5(C)C)B4c5cc6c(cc5N(c5ccc7c(c5)C(C)(C)CCC7(C)C)c5cc(C78CC9CC(CC(C9)C7)C8)cc3c54)C(C)(C)CCC6(C)C)ccc21. The number of fused-ring (bicyclic) bond motifs is 8. The van der Waals surface area contributed by atoms with Gasteiger partial charge in [0.15, 0.2) is 0 Å². The zero-order valence-corrected chi connectivity index (χ0v) is 49.8. The Labute approximate surface area is 453 Å². The predicted octanol–water partition coefficient (Wildman–Crippen LogP) is 18.1. The highest BCUT2D eigenvalue weighted by Crippen LogP contribution is 2.68. The van der Waals surface area contributed by atoms with Crippen molar-refractivity contribution in [2.24, 2.45) is 34.5 Å². The minimum atomic E-state index is 0.0909. The Morgan fingerprint density at radius 2 is 0.851 bits per heavy atom. The van der Waals surface area contributed by atoms with Crippen molar-refractivity contribution < 1.29 is 0 Å². The van der Waals surface area contributed by atoms with Crippen LogP contribution in [0.2, 0.25) is 0 Å². The van der Waals surface area contributed by atoms with Gasteiger partial charge >= 0.3 is 0 Å². The molecule has 8 aliphatic carbocycles. The second kappa shape index (κ2) is 15.1. The molecule has 0 N–H and O–H groups in total. The summed E-state index contributed by atoms with van der Waals surface area (Å²) in [6.45, 7) is 41.2. The largest absolute Gasteiger partial charge is 0.314 e. The molecule has 2 nitrogen and oxygen atoms in total. The van der Waals surface area contributed by atoms with Crippen LogP contribution < -0.4 is 20.7 Å². The second-order valence-corrected chi connectivity index (χ2v) is 33.9. The Hall–Kier alpha value is -3.37. The number of hydrogen-bond donors (Lipinski definition) is 0. The lowest BCUT2D eigenvalue weighted by Crippen LogP contribution is -2.57. The van der Waals surface area contributed by atoms with E-state index in [1.807, 2.05) is 0 Å². The molecule has 4 aromatic carbocycles. The van der Waals surface area contributed by atoms with E-state index in [0.717, 1.165) is 17.8 Å². The van der Waals surface area contributed by atoms with Crippen LogP contribution >= 0.6 is 11.8 Å². The van der Waals surface area contributed by atoms with Crippen molar-refractivity contribution in [1.29, 1.82) is 0 Å². The molecule has 2 atom stereocenters. The molecule has 3 aliphatic heterocycles. The molecule has 2 unspecified atom stereocenters. The summed E-state index contributed by atoms with van der Waals surface area (Å²) in [5.74, 6) is 3.05. The van der Waals surface area contributed by atoms with Crippen LogP contribution in [0.4, 0.5) is 28.4 Å². The Morgan fingerprint density at radius 1 is 0.432 bits per heavy atom. The first kappa shape index (κ1) is 49.0. The molecular weight excluding hydrogens is 912 g/mol. The minimum absolute atomic E-state index is 0.0909. The summed E-state index contributed by atoms with van der Waals surface area (Å²) in [5, 5.41) is 0.507. The van der Waals surface area contributed by atoms with Gasteiger partial charge in [-0.3, -0.25) is 0 Å². The van der Waals surface area contributed by atoms with E-state index in [0.29, 0.717) is 11.2 Å². The van der Waals surface area contributed by atoms with Gasteiger partial charge in [0.1, 0.15) is 0 Å². The van der Waals surface area contributed by atoms with E-state index in [1.54, 1.807) is 60.4 Å². The maximum atomic E-state index is 3.00. The summed E-state index contributed by atoms with van der Waals surface area (Å²) in [7, 11) is 0. The van der Waals surface area contributed by atoms with Gasteiger partial charge in [-0.25, -0.2) is 0 Å². The third-order valence-electron chi connectivity index (χ3n) is 23.9. The average molecular weight is 1000 g/mol. The zero-order chi connectivity index (χ0) is 52.0. The van der Waals surface area contributed by atoms with Gasteiger partial charge in [-0.05, 0) is 254 Å². The lowest BCUT2D eigenvalue weighted by atomic mass is 9.35.